The molecule has 4 rings (SSSR count). The van der Waals surface area contributed by atoms with Crippen LogP contribution < -0.4 is 5.32 Å². The zero-order valence-electron chi connectivity index (χ0n) is 11.8. The van der Waals surface area contributed by atoms with E-state index in [1.54, 1.807) is 0 Å². The van der Waals surface area contributed by atoms with Crippen molar-refractivity contribution in [2.45, 2.75) is 37.9 Å². The van der Waals surface area contributed by atoms with Gasteiger partial charge in [0.25, 0.3) is 0 Å². The zero-order chi connectivity index (χ0) is 13.4. The molecule has 2 fully saturated rings. The highest BCUT2D eigenvalue weighted by atomic mass is 15.2. The quantitative estimate of drug-likeness (QED) is 0.906. The van der Waals surface area contributed by atoms with Gasteiger partial charge in [0.15, 0.2) is 0 Å². The molecule has 0 spiro atoms. The maximum absolute atomic E-state index is 4.39. The molecule has 2 atom stereocenters. The Morgan fingerprint density at radius 1 is 1.15 bits per heavy atom. The first-order valence-electron chi connectivity index (χ1n) is 7.69. The lowest BCUT2D eigenvalue weighted by Crippen LogP contribution is -2.34. The minimum absolute atomic E-state index is 0.713. The summed E-state index contributed by atoms with van der Waals surface area (Å²) in [5.74, 6) is 0. The van der Waals surface area contributed by atoms with Crippen molar-refractivity contribution in [1.29, 1.82) is 0 Å². The van der Waals surface area contributed by atoms with Crippen molar-refractivity contribution in [3.8, 4) is 0 Å². The summed E-state index contributed by atoms with van der Waals surface area (Å²) in [6, 6.07) is 12.3. The zero-order valence-corrected chi connectivity index (χ0v) is 11.8. The minimum Gasteiger partial charge on any atom is -0.310 e. The number of hydrogen-bond donors (Lipinski definition) is 1. The lowest BCUT2D eigenvalue weighted by Gasteiger charge is -2.24. The lowest BCUT2D eigenvalue weighted by molar-refractivity contribution is 0.251. The van der Waals surface area contributed by atoms with Crippen LogP contribution in [0.5, 0.6) is 0 Å². The summed E-state index contributed by atoms with van der Waals surface area (Å²) in [7, 11) is 0. The van der Waals surface area contributed by atoms with Crippen molar-refractivity contribution in [2.75, 3.05) is 13.1 Å². The molecule has 0 amide bonds. The van der Waals surface area contributed by atoms with Crippen molar-refractivity contribution in [2.24, 2.45) is 0 Å². The third-order valence-electron chi connectivity index (χ3n) is 4.68. The van der Waals surface area contributed by atoms with Gasteiger partial charge in [-0.1, -0.05) is 12.1 Å². The average molecular weight is 267 g/mol. The predicted molar refractivity (Wildman–Crippen MR) is 81.6 cm³/mol. The summed E-state index contributed by atoms with van der Waals surface area (Å²) in [6.07, 6.45) is 5.88. The highest BCUT2D eigenvalue weighted by molar-refractivity contribution is 5.78. The fourth-order valence-electron chi connectivity index (χ4n) is 3.64. The Morgan fingerprint density at radius 3 is 3.10 bits per heavy atom. The Balaban J connectivity index is 1.52. The molecular weight excluding hydrogens is 246 g/mol. The van der Waals surface area contributed by atoms with Gasteiger partial charge in [-0.25, -0.2) is 0 Å². The molecule has 2 aliphatic heterocycles. The Kier molecular flexibility index (Phi) is 3.17. The second kappa shape index (κ2) is 5.15. The van der Waals surface area contributed by atoms with Gasteiger partial charge in [0.2, 0.25) is 0 Å². The predicted octanol–water partition coefficient (Wildman–Crippen LogP) is 2.56. The number of likely N-dealkylation sites (tertiary alicyclic amines) is 1. The molecule has 3 nitrogen and oxygen atoms in total. The summed E-state index contributed by atoms with van der Waals surface area (Å²) in [4.78, 5) is 7.00. The van der Waals surface area contributed by atoms with Gasteiger partial charge in [-0.2, -0.15) is 0 Å². The van der Waals surface area contributed by atoms with Gasteiger partial charge < -0.3 is 5.32 Å². The number of hydrogen-bond acceptors (Lipinski definition) is 3. The lowest BCUT2D eigenvalue weighted by atomic mass is 10.1. The van der Waals surface area contributed by atoms with Crippen LogP contribution in [0.1, 0.15) is 24.8 Å². The van der Waals surface area contributed by atoms with Crippen LogP contribution >= 0.6 is 0 Å². The van der Waals surface area contributed by atoms with Crippen molar-refractivity contribution in [3.63, 3.8) is 0 Å². The van der Waals surface area contributed by atoms with Crippen LogP contribution in [-0.2, 0) is 6.54 Å². The number of pyridine rings is 1. The molecule has 2 saturated heterocycles. The molecule has 2 aliphatic rings. The summed E-state index contributed by atoms with van der Waals surface area (Å²) in [5.41, 5.74) is 2.50. The van der Waals surface area contributed by atoms with Crippen molar-refractivity contribution in [3.05, 3.63) is 42.1 Å². The van der Waals surface area contributed by atoms with E-state index >= 15 is 0 Å². The van der Waals surface area contributed by atoms with E-state index in [4.69, 9.17) is 0 Å². The number of fused-ring (bicyclic) bond motifs is 3. The van der Waals surface area contributed by atoms with Crippen molar-refractivity contribution in [1.82, 2.24) is 15.2 Å². The normalized spacial score (nSPS) is 26.8. The molecule has 104 valence electrons. The standard InChI is InChI=1S/C17H21N3/c1-2-14-10-13(3-6-17(14)18-8-1)11-20-9-7-15-4-5-16(12-20)19-15/h1-3,6,8,10,15-16,19H,4-5,7,9,11-12H2. The number of nitrogens with zero attached hydrogens (tertiary/aromatic N) is 2. The van der Waals surface area contributed by atoms with Crippen LogP contribution in [0.25, 0.3) is 10.9 Å². The number of benzene rings is 1. The third-order valence-corrected chi connectivity index (χ3v) is 4.68. The Morgan fingerprint density at radius 2 is 2.10 bits per heavy atom. The van der Waals surface area contributed by atoms with E-state index in [0.717, 1.165) is 18.1 Å². The molecule has 1 aromatic carbocycles. The SMILES string of the molecule is c1cnc2ccc(CN3CCC4CCC(C3)N4)cc2c1. The van der Waals surface area contributed by atoms with Crippen LogP contribution in [0.4, 0.5) is 0 Å². The van der Waals surface area contributed by atoms with Crippen LogP contribution in [0.3, 0.4) is 0 Å². The van der Waals surface area contributed by atoms with E-state index in [1.807, 2.05) is 12.3 Å². The fourth-order valence-corrected chi connectivity index (χ4v) is 3.64. The highest BCUT2D eigenvalue weighted by Gasteiger charge is 2.28. The Bertz CT molecular complexity index is 610. The maximum Gasteiger partial charge on any atom is 0.0702 e. The molecule has 3 heterocycles. The first-order chi connectivity index (χ1) is 9.87. The largest absolute Gasteiger partial charge is 0.310 e. The molecule has 1 aromatic heterocycles. The van der Waals surface area contributed by atoms with E-state index in [9.17, 15) is 0 Å². The molecule has 2 unspecified atom stereocenters. The minimum atomic E-state index is 0.713. The topological polar surface area (TPSA) is 28.2 Å². The summed E-state index contributed by atoms with van der Waals surface area (Å²) in [5, 5.41) is 5.00. The van der Waals surface area contributed by atoms with Gasteiger partial charge >= 0.3 is 0 Å². The summed E-state index contributed by atoms with van der Waals surface area (Å²) in [6.45, 7) is 3.48. The monoisotopic (exact) mass is 267 g/mol. The maximum atomic E-state index is 4.39. The summed E-state index contributed by atoms with van der Waals surface area (Å²) >= 11 is 0. The third kappa shape index (κ3) is 2.43. The van der Waals surface area contributed by atoms with Crippen LogP contribution in [-0.4, -0.2) is 35.1 Å². The number of aromatic nitrogens is 1. The van der Waals surface area contributed by atoms with E-state index in [-0.39, 0.29) is 0 Å². The van der Waals surface area contributed by atoms with Gasteiger partial charge in [-0.3, -0.25) is 9.88 Å². The van der Waals surface area contributed by atoms with E-state index < -0.39 is 0 Å². The molecule has 0 aliphatic carbocycles. The van der Waals surface area contributed by atoms with Gasteiger partial charge in [0.05, 0.1) is 5.52 Å². The molecule has 2 bridgehead atoms. The molecule has 20 heavy (non-hydrogen) atoms. The first-order valence-corrected chi connectivity index (χ1v) is 7.69. The first kappa shape index (κ1) is 12.3. The van der Waals surface area contributed by atoms with E-state index in [2.05, 4.69) is 39.5 Å². The molecular formula is C17H21N3. The Labute approximate surface area is 120 Å². The van der Waals surface area contributed by atoms with Gasteiger partial charge in [-0.05, 0) is 43.0 Å². The van der Waals surface area contributed by atoms with Crippen molar-refractivity contribution >= 4 is 10.9 Å². The van der Waals surface area contributed by atoms with Crippen LogP contribution in [0, 0.1) is 0 Å². The van der Waals surface area contributed by atoms with Crippen LogP contribution in [0.15, 0.2) is 36.5 Å². The number of rotatable bonds is 2. The van der Waals surface area contributed by atoms with Gasteiger partial charge in [0.1, 0.15) is 0 Å². The summed E-state index contributed by atoms with van der Waals surface area (Å²) < 4.78 is 0. The highest BCUT2D eigenvalue weighted by Crippen LogP contribution is 2.22. The van der Waals surface area contributed by atoms with E-state index in [0.29, 0.717) is 6.04 Å². The molecule has 2 aromatic rings. The van der Waals surface area contributed by atoms with Gasteiger partial charge in [-0.15, -0.1) is 0 Å². The Hall–Kier alpha value is -1.45. The second-order valence-electron chi connectivity index (χ2n) is 6.19. The smallest absolute Gasteiger partial charge is 0.0702 e. The molecule has 0 saturated carbocycles. The number of nitrogens with one attached hydrogen (secondary N) is 1. The molecule has 3 heteroatoms. The van der Waals surface area contributed by atoms with Crippen molar-refractivity contribution < 1.29 is 0 Å². The van der Waals surface area contributed by atoms with Gasteiger partial charge in [0, 0.05) is 43.3 Å². The molecule has 0 radical (unpaired) electrons. The van der Waals surface area contributed by atoms with E-state index in [1.165, 1.54) is 43.3 Å². The van der Waals surface area contributed by atoms with Crippen LogP contribution in [0.2, 0.25) is 0 Å². The molecule has 1 N–H and O–H groups in total. The average Bonchev–Trinajstić information content (AvgIpc) is 2.81. The fraction of sp³-hybridized carbons (Fsp3) is 0.471. The second-order valence-corrected chi connectivity index (χ2v) is 6.19.